The summed E-state index contributed by atoms with van der Waals surface area (Å²) in [6, 6.07) is 11.9. The molecule has 0 spiro atoms. The molecule has 4 rings (SSSR count). The summed E-state index contributed by atoms with van der Waals surface area (Å²) in [7, 11) is -1.05. The van der Waals surface area contributed by atoms with Gasteiger partial charge in [-0.1, -0.05) is 12.1 Å². The fourth-order valence-electron chi connectivity index (χ4n) is 3.46. The molecule has 1 aliphatic rings. The smallest absolute Gasteiger partial charge is 0.273 e. The van der Waals surface area contributed by atoms with Gasteiger partial charge in [0.2, 0.25) is 0 Å². The first-order valence-corrected chi connectivity index (χ1v) is 10.7. The zero-order chi connectivity index (χ0) is 20.4. The number of hydrogen-bond donors (Lipinski definition) is 0. The summed E-state index contributed by atoms with van der Waals surface area (Å²) in [4.78, 5) is 6.80. The van der Waals surface area contributed by atoms with E-state index in [0.29, 0.717) is 42.4 Å². The minimum Gasteiger partial charge on any atom is -0.497 e. The van der Waals surface area contributed by atoms with Crippen LogP contribution in [0.25, 0.3) is 11.0 Å². The van der Waals surface area contributed by atoms with Gasteiger partial charge in [0.1, 0.15) is 22.2 Å². The van der Waals surface area contributed by atoms with Gasteiger partial charge in [-0.05, 0) is 24.3 Å². The second-order valence-corrected chi connectivity index (χ2v) is 8.45. The largest absolute Gasteiger partial charge is 0.497 e. The Morgan fingerprint density at radius 1 is 1.07 bits per heavy atom. The van der Waals surface area contributed by atoms with Crippen LogP contribution in [0.3, 0.4) is 0 Å². The van der Waals surface area contributed by atoms with E-state index in [4.69, 9.17) is 14.2 Å². The van der Waals surface area contributed by atoms with Gasteiger partial charge in [0.25, 0.3) is 10.0 Å². The molecule has 29 heavy (non-hydrogen) atoms. The van der Waals surface area contributed by atoms with Gasteiger partial charge in [-0.15, -0.1) is 0 Å². The van der Waals surface area contributed by atoms with Crippen molar-refractivity contribution in [3.8, 4) is 11.5 Å². The number of ether oxygens (including phenoxy) is 3. The molecule has 1 fully saturated rings. The average molecular weight is 417 g/mol. The number of morpholine rings is 1. The van der Waals surface area contributed by atoms with Crippen LogP contribution in [0.4, 0.5) is 0 Å². The van der Waals surface area contributed by atoms with Gasteiger partial charge in [0.05, 0.1) is 45.0 Å². The second-order valence-electron chi connectivity index (χ2n) is 6.69. The lowest BCUT2D eigenvalue weighted by molar-refractivity contribution is 0.0330. The molecule has 1 aromatic heterocycles. The molecule has 9 heteroatoms. The SMILES string of the molecule is COc1ccc(OC)c(S(=O)(=O)n2c(CN3CCOCC3)nc3ccccc32)c1. The maximum Gasteiger partial charge on any atom is 0.273 e. The molecule has 0 saturated carbocycles. The third-order valence-corrected chi connectivity index (χ3v) is 6.71. The quantitative estimate of drug-likeness (QED) is 0.608. The van der Waals surface area contributed by atoms with Crippen LogP contribution in [0.5, 0.6) is 11.5 Å². The van der Waals surface area contributed by atoms with Crippen LogP contribution in [0.1, 0.15) is 5.82 Å². The Balaban J connectivity index is 1.89. The van der Waals surface area contributed by atoms with Crippen LogP contribution >= 0.6 is 0 Å². The van der Waals surface area contributed by atoms with Crippen LogP contribution in [-0.4, -0.2) is 62.8 Å². The van der Waals surface area contributed by atoms with Crippen LogP contribution < -0.4 is 9.47 Å². The highest BCUT2D eigenvalue weighted by atomic mass is 32.2. The number of para-hydroxylation sites is 2. The standard InChI is InChI=1S/C20H23N3O5S/c1-26-15-7-8-18(27-2)19(13-15)29(24,25)23-17-6-4-3-5-16(17)21-20(23)14-22-9-11-28-12-10-22/h3-8,13H,9-12,14H2,1-2H3. The Morgan fingerprint density at radius 3 is 2.55 bits per heavy atom. The normalized spacial score (nSPS) is 15.5. The fourth-order valence-corrected chi connectivity index (χ4v) is 5.12. The highest BCUT2D eigenvalue weighted by Gasteiger charge is 2.29. The lowest BCUT2D eigenvalue weighted by Crippen LogP contribution is -2.36. The molecule has 0 bridgehead atoms. The van der Waals surface area contributed by atoms with E-state index < -0.39 is 10.0 Å². The Morgan fingerprint density at radius 2 is 1.83 bits per heavy atom. The minimum absolute atomic E-state index is 0.0331. The average Bonchev–Trinajstić information content (AvgIpc) is 3.12. The third-order valence-electron chi connectivity index (χ3n) is 4.94. The molecule has 0 amide bonds. The molecule has 0 radical (unpaired) electrons. The number of imidazole rings is 1. The van der Waals surface area contributed by atoms with Crippen molar-refractivity contribution in [2.24, 2.45) is 0 Å². The van der Waals surface area contributed by atoms with Crippen LogP contribution in [-0.2, 0) is 21.3 Å². The number of hydrogen-bond acceptors (Lipinski definition) is 7. The first kappa shape index (κ1) is 19.7. The molecule has 1 saturated heterocycles. The summed E-state index contributed by atoms with van der Waals surface area (Å²) < 4.78 is 44.8. The Labute approximate surface area is 169 Å². The number of nitrogens with zero attached hydrogens (tertiary/aromatic N) is 3. The number of methoxy groups -OCH3 is 2. The first-order valence-electron chi connectivity index (χ1n) is 9.28. The number of benzene rings is 2. The molecule has 154 valence electrons. The van der Waals surface area contributed by atoms with E-state index >= 15 is 0 Å². The zero-order valence-corrected chi connectivity index (χ0v) is 17.2. The van der Waals surface area contributed by atoms with Crippen LogP contribution in [0.2, 0.25) is 0 Å². The van der Waals surface area contributed by atoms with Gasteiger partial charge in [0, 0.05) is 19.2 Å². The van der Waals surface area contributed by atoms with Gasteiger partial charge in [-0.2, -0.15) is 0 Å². The first-order chi connectivity index (χ1) is 14.0. The van der Waals surface area contributed by atoms with E-state index in [1.54, 1.807) is 24.3 Å². The maximum absolute atomic E-state index is 13.8. The topological polar surface area (TPSA) is 82.9 Å². The summed E-state index contributed by atoms with van der Waals surface area (Å²) in [5, 5.41) is 0. The zero-order valence-electron chi connectivity index (χ0n) is 16.4. The second kappa shape index (κ2) is 8.02. The third kappa shape index (κ3) is 3.68. The molecule has 0 unspecified atom stereocenters. The summed E-state index contributed by atoms with van der Waals surface area (Å²) in [5.74, 6) is 1.14. The molecular weight excluding hydrogens is 394 g/mol. The molecule has 2 aromatic carbocycles. The van der Waals surface area contributed by atoms with Crippen molar-refractivity contribution in [1.82, 2.24) is 13.9 Å². The summed E-state index contributed by atoms with van der Waals surface area (Å²) >= 11 is 0. The van der Waals surface area contributed by atoms with Crippen molar-refractivity contribution in [1.29, 1.82) is 0 Å². The van der Waals surface area contributed by atoms with Crippen molar-refractivity contribution in [3.63, 3.8) is 0 Å². The molecule has 0 atom stereocenters. The molecule has 0 N–H and O–H groups in total. The predicted molar refractivity (Wildman–Crippen MR) is 108 cm³/mol. The van der Waals surface area contributed by atoms with Gasteiger partial charge < -0.3 is 14.2 Å². The summed E-state index contributed by atoms with van der Waals surface area (Å²) in [6.45, 7) is 3.11. The monoisotopic (exact) mass is 417 g/mol. The fraction of sp³-hybridized carbons (Fsp3) is 0.350. The van der Waals surface area contributed by atoms with Crippen molar-refractivity contribution in [2.45, 2.75) is 11.4 Å². The van der Waals surface area contributed by atoms with Crippen molar-refractivity contribution in [3.05, 3.63) is 48.3 Å². The minimum atomic E-state index is -3.99. The van der Waals surface area contributed by atoms with Gasteiger partial charge in [0.15, 0.2) is 0 Å². The van der Waals surface area contributed by atoms with Gasteiger partial charge >= 0.3 is 0 Å². The predicted octanol–water partition coefficient (Wildman–Crippen LogP) is 2.12. The molecular formula is C20H23N3O5S. The lowest BCUT2D eigenvalue weighted by Gasteiger charge is -2.26. The Hall–Kier alpha value is -2.62. The Kier molecular flexibility index (Phi) is 5.44. The summed E-state index contributed by atoms with van der Waals surface area (Å²) in [6.07, 6.45) is 0. The maximum atomic E-state index is 13.8. The molecule has 8 nitrogen and oxygen atoms in total. The van der Waals surface area contributed by atoms with Crippen molar-refractivity contribution in [2.75, 3.05) is 40.5 Å². The summed E-state index contributed by atoms with van der Waals surface area (Å²) in [5.41, 5.74) is 1.15. The molecule has 1 aliphatic heterocycles. The van der Waals surface area contributed by atoms with E-state index in [1.165, 1.54) is 24.3 Å². The van der Waals surface area contributed by atoms with Crippen LogP contribution in [0.15, 0.2) is 47.4 Å². The number of rotatable bonds is 6. The number of fused-ring (bicyclic) bond motifs is 1. The van der Waals surface area contributed by atoms with Crippen molar-refractivity contribution >= 4 is 21.1 Å². The highest BCUT2D eigenvalue weighted by molar-refractivity contribution is 7.90. The van der Waals surface area contributed by atoms with E-state index in [-0.39, 0.29) is 10.6 Å². The lowest BCUT2D eigenvalue weighted by atomic mass is 10.3. The van der Waals surface area contributed by atoms with Crippen LogP contribution in [0, 0.1) is 0 Å². The molecule has 3 aromatic rings. The van der Waals surface area contributed by atoms with Gasteiger partial charge in [-0.3, -0.25) is 4.90 Å². The highest BCUT2D eigenvalue weighted by Crippen LogP contribution is 2.32. The Bertz CT molecular complexity index is 1120. The number of aromatic nitrogens is 2. The van der Waals surface area contributed by atoms with E-state index in [2.05, 4.69) is 9.88 Å². The van der Waals surface area contributed by atoms with E-state index in [0.717, 1.165) is 13.1 Å². The molecule has 0 aliphatic carbocycles. The van der Waals surface area contributed by atoms with E-state index in [1.807, 2.05) is 12.1 Å². The van der Waals surface area contributed by atoms with Gasteiger partial charge in [-0.25, -0.2) is 17.4 Å². The molecule has 2 heterocycles. The van der Waals surface area contributed by atoms with Crippen molar-refractivity contribution < 1.29 is 22.6 Å². The van der Waals surface area contributed by atoms with E-state index in [9.17, 15) is 8.42 Å².